The lowest BCUT2D eigenvalue weighted by molar-refractivity contribution is 0.847. The van der Waals surface area contributed by atoms with Crippen molar-refractivity contribution in [2.75, 3.05) is 0 Å². The van der Waals surface area contributed by atoms with Gasteiger partial charge >= 0.3 is 0 Å². The Morgan fingerprint density at radius 2 is 1.92 bits per heavy atom. The molecule has 2 nitrogen and oxygen atoms in total. The molecule has 1 aromatic carbocycles. The highest BCUT2D eigenvalue weighted by atomic mass is 35.5. The van der Waals surface area contributed by atoms with E-state index in [9.17, 15) is 0 Å². The summed E-state index contributed by atoms with van der Waals surface area (Å²) in [4.78, 5) is 0. The Morgan fingerprint density at radius 1 is 1.23 bits per heavy atom. The number of halogens is 1. The highest BCUT2D eigenvalue weighted by molar-refractivity contribution is 6.29. The average Bonchev–Trinajstić information content (AvgIpc) is 2.47. The van der Waals surface area contributed by atoms with Crippen molar-refractivity contribution in [1.29, 1.82) is 0 Å². The number of hydrogen-bond acceptors (Lipinski definition) is 1. The van der Waals surface area contributed by atoms with Crippen LogP contribution in [0.4, 0.5) is 0 Å². The molecule has 66 valence electrons. The predicted molar refractivity (Wildman–Crippen MR) is 53.3 cm³/mol. The minimum absolute atomic E-state index is 0.529. The number of para-hydroxylation sites is 1. The zero-order valence-corrected chi connectivity index (χ0v) is 7.99. The molecule has 0 unspecified atom stereocenters. The fourth-order valence-corrected chi connectivity index (χ4v) is 1.50. The van der Waals surface area contributed by atoms with Gasteiger partial charge in [-0.3, -0.25) is 0 Å². The van der Waals surface area contributed by atoms with Crippen molar-refractivity contribution < 1.29 is 0 Å². The number of rotatable bonds is 1. The van der Waals surface area contributed by atoms with E-state index in [0.717, 1.165) is 11.4 Å². The maximum Gasteiger partial charge on any atom is 0.151 e. The van der Waals surface area contributed by atoms with Crippen molar-refractivity contribution in [1.82, 2.24) is 9.78 Å². The van der Waals surface area contributed by atoms with Crippen LogP contribution in [0, 0.1) is 6.92 Å². The molecule has 0 spiro atoms. The second kappa shape index (κ2) is 3.23. The zero-order valence-electron chi connectivity index (χ0n) is 7.24. The zero-order chi connectivity index (χ0) is 9.26. The maximum absolute atomic E-state index is 5.78. The van der Waals surface area contributed by atoms with E-state index in [0.29, 0.717) is 5.15 Å². The summed E-state index contributed by atoms with van der Waals surface area (Å²) in [6.07, 6.45) is 0. The van der Waals surface area contributed by atoms with Crippen LogP contribution < -0.4 is 0 Å². The summed E-state index contributed by atoms with van der Waals surface area (Å²) in [6.45, 7) is 1.98. The van der Waals surface area contributed by atoms with Crippen LogP contribution in [0.25, 0.3) is 5.69 Å². The first-order chi connectivity index (χ1) is 6.27. The number of nitrogens with zero attached hydrogens (tertiary/aromatic N) is 2. The average molecular weight is 193 g/mol. The smallest absolute Gasteiger partial charge is 0.151 e. The van der Waals surface area contributed by atoms with Gasteiger partial charge in [0.05, 0.1) is 5.69 Å². The quantitative estimate of drug-likeness (QED) is 0.680. The van der Waals surface area contributed by atoms with Gasteiger partial charge in [-0.2, -0.15) is 5.10 Å². The van der Waals surface area contributed by atoms with E-state index >= 15 is 0 Å². The van der Waals surface area contributed by atoms with Crippen molar-refractivity contribution in [3.8, 4) is 5.69 Å². The van der Waals surface area contributed by atoms with Gasteiger partial charge in [-0.15, -0.1) is 0 Å². The first-order valence-electron chi connectivity index (χ1n) is 4.05. The summed E-state index contributed by atoms with van der Waals surface area (Å²) in [6, 6.07) is 11.8. The van der Waals surface area contributed by atoms with E-state index in [1.165, 1.54) is 0 Å². The summed E-state index contributed by atoms with van der Waals surface area (Å²) in [7, 11) is 0. The Hall–Kier alpha value is -1.28. The van der Waals surface area contributed by atoms with Crippen LogP contribution in [-0.4, -0.2) is 9.78 Å². The second-order valence-electron chi connectivity index (χ2n) is 2.86. The molecule has 1 heterocycles. The standard InChI is InChI=1S/C10H9ClN2/c1-8-7-10(11)12-13(8)9-5-3-2-4-6-9/h2-7H,1H3. The molecule has 0 aliphatic carbocycles. The second-order valence-corrected chi connectivity index (χ2v) is 3.24. The highest BCUT2D eigenvalue weighted by Gasteiger charge is 2.02. The predicted octanol–water partition coefficient (Wildman–Crippen LogP) is 2.83. The lowest BCUT2D eigenvalue weighted by Gasteiger charge is -2.02. The Morgan fingerprint density at radius 3 is 2.46 bits per heavy atom. The summed E-state index contributed by atoms with van der Waals surface area (Å²) in [5.74, 6) is 0. The van der Waals surface area contributed by atoms with Gasteiger partial charge in [0.2, 0.25) is 0 Å². The minimum atomic E-state index is 0.529. The molecule has 0 amide bonds. The topological polar surface area (TPSA) is 17.8 Å². The highest BCUT2D eigenvalue weighted by Crippen LogP contribution is 2.14. The van der Waals surface area contributed by atoms with E-state index in [2.05, 4.69) is 5.10 Å². The van der Waals surface area contributed by atoms with Crippen LogP contribution in [0.15, 0.2) is 36.4 Å². The molecule has 0 saturated heterocycles. The Kier molecular flexibility index (Phi) is 2.07. The molecule has 0 saturated carbocycles. The molecule has 0 N–H and O–H groups in total. The van der Waals surface area contributed by atoms with Crippen molar-refractivity contribution in [3.63, 3.8) is 0 Å². The first-order valence-corrected chi connectivity index (χ1v) is 4.43. The lowest BCUT2D eigenvalue weighted by Crippen LogP contribution is -1.97. The fraction of sp³-hybridized carbons (Fsp3) is 0.100. The number of hydrogen-bond donors (Lipinski definition) is 0. The van der Waals surface area contributed by atoms with Crippen LogP contribution in [0.3, 0.4) is 0 Å². The summed E-state index contributed by atoms with van der Waals surface area (Å²) < 4.78 is 1.82. The van der Waals surface area contributed by atoms with Gasteiger partial charge in [-0.05, 0) is 25.1 Å². The van der Waals surface area contributed by atoms with Gasteiger partial charge in [0.15, 0.2) is 5.15 Å². The van der Waals surface area contributed by atoms with Crippen LogP contribution in [0.1, 0.15) is 5.69 Å². The molecule has 3 heteroatoms. The summed E-state index contributed by atoms with van der Waals surface area (Å²) >= 11 is 5.78. The number of aryl methyl sites for hydroxylation is 1. The monoisotopic (exact) mass is 192 g/mol. The van der Waals surface area contributed by atoms with Crippen LogP contribution >= 0.6 is 11.6 Å². The third kappa shape index (κ3) is 1.58. The normalized spacial score (nSPS) is 10.3. The van der Waals surface area contributed by atoms with Gasteiger partial charge in [0.25, 0.3) is 0 Å². The molecule has 13 heavy (non-hydrogen) atoms. The van der Waals surface area contributed by atoms with Gasteiger partial charge in [0, 0.05) is 5.69 Å². The van der Waals surface area contributed by atoms with E-state index in [1.807, 2.05) is 48.0 Å². The molecule has 2 rings (SSSR count). The Labute approximate surface area is 81.8 Å². The maximum atomic E-state index is 5.78. The molecule has 0 aliphatic rings. The molecular formula is C10H9ClN2. The Bertz CT molecular complexity index is 406. The summed E-state index contributed by atoms with van der Waals surface area (Å²) in [5, 5.41) is 4.69. The van der Waals surface area contributed by atoms with Crippen molar-refractivity contribution in [3.05, 3.63) is 47.2 Å². The SMILES string of the molecule is Cc1cc(Cl)nn1-c1ccccc1. The largest absolute Gasteiger partial charge is 0.237 e. The Balaban J connectivity index is 2.53. The molecule has 0 aliphatic heterocycles. The molecular weight excluding hydrogens is 184 g/mol. The molecule has 0 radical (unpaired) electrons. The number of benzene rings is 1. The van der Waals surface area contributed by atoms with Gasteiger partial charge in [-0.25, -0.2) is 4.68 Å². The van der Waals surface area contributed by atoms with Crippen LogP contribution in [0.2, 0.25) is 5.15 Å². The van der Waals surface area contributed by atoms with Gasteiger partial charge < -0.3 is 0 Å². The minimum Gasteiger partial charge on any atom is -0.237 e. The first kappa shape index (κ1) is 8.32. The van der Waals surface area contributed by atoms with E-state index < -0.39 is 0 Å². The van der Waals surface area contributed by atoms with Crippen molar-refractivity contribution in [2.45, 2.75) is 6.92 Å². The number of aromatic nitrogens is 2. The van der Waals surface area contributed by atoms with Crippen molar-refractivity contribution in [2.24, 2.45) is 0 Å². The molecule has 0 fully saturated rings. The molecule has 1 aromatic heterocycles. The third-order valence-electron chi connectivity index (χ3n) is 1.86. The lowest BCUT2D eigenvalue weighted by atomic mass is 10.3. The molecule has 0 atom stereocenters. The molecule has 0 bridgehead atoms. The van der Waals surface area contributed by atoms with E-state index in [4.69, 9.17) is 11.6 Å². The van der Waals surface area contributed by atoms with Gasteiger partial charge in [0.1, 0.15) is 0 Å². The van der Waals surface area contributed by atoms with Gasteiger partial charge in [-0.1, -0.05) is 29.8 Å². The van der Waals surface area contributed by atoms with Crippen LogP contribution in [-0.2, 0) is 0 Å². The van der Waals surface area contributed by atoms with Crippen LogP contribution in [0.5, 0.6) is 0 Å². The molecule has 2 aromatic rings. The van der Waals surface area contributed by atoms with E-state index in [-0.39, 0.29) is 0 Å². The fourth-order valence-electron chi connectivity index (χ4n) is 1.27. The third-order valence-corrected chi connectivity index (χ3v) is 2.04. The van der Waals surface area contributed by atoms with Crippen molar-refractivity contribution >= 4 is 11.6 Å². The van der Waals surface area contributed by atoms with E-state index in [1.54, 1.807) is 0 Å². The summed E-state index contributed by atoms with van der Waals surface area (Å²) in [5.41, 5.74) is 2.07.